The first-order valence-corrected chi connectivity index (χ1v) is 6.95. The van der Waals surface area contributed by atoms with Crippen molar-refractivity contribution >= 4 is 28.9 Å². The van der Waals surface area contributed by atoms with E-state index in [0.29, 0.717) is 6.61 Å². The number of hydrogen-bond acceptors (Lipinski definition) is 4. The summed E-state index contributed by atoms with van der Waals surface area (Å²) in [4.78, 5) is 11.0. The van der Waals surface area contributed by atoms with Crippen molar-refractivity contribution in [3.8, 4) is 0 Å². The molecule has 0 amide bonds. The van der Waals surface area contributed by atoms with Crippen LogP contribution < -0.4 is 4.89 Å². The van der Waals surface area contributed by atoms with Gasteiger partial charge in [-0.25, -0.2) is 0 Å². The van der Waals surface area contributed by atoms with Gasteiger partial charge in [0.1, 0.15) is 0 Å². The third-order valence-corrected chi connectivity index (χ3v) is 5.03. The van der Waals surface area contributed by atoms with Crippen LogP contribution in [0.2, 0.25) is 0 Å². The fourth-order valence-corrected chi connectivity index (χ4v) is 3.81. The zero-order valence-electron chi connectivity index (χ0n) is 5.90. The Labute approximate surface area is 85.3 Å². The molecule has 0 aromatic rings. The zero-order valence-corrected chi connectivity index (χ0v) is 10.4. The molecule has 0 fully saturated rings. The summed E-state index contributed by atoms with van der Waals surface area (Å²) in [7, 11) is 0. The summed E-state index contributed by atoms with van der Waals surface area (Å²) in [5.41, 5.74) is -2.69. The third kappa shape index (κ3) is 7.71. The predicted molar refractivity (Wildman–Crippen MR) is 44.0 cm³/mol. The van der Waals surface area contributed by atoms with Crippen LogP contribution in [0.25, 0.3) is 0 Å². The molecule has 1 unspecified atom stereocenters. The molecule has 0 N–H and O–H groups in total. The van der Waals surface area contributed by atoms with E-state index >= 15 is 0 Å². The zero-order chi connectivity index (χ0) is 7.33. The maximum Gasteiger partial charge on any atom is 1.00 e. The largest absolute Gasteiger partial charge is 1.00 e. The molecule has 0 aliphatic rings. The third-order valence-electron chi connectivity index (χ3n) is 0.574. The van der Waals surface area contributed by atoms with Gasteiger partial charge in [-0.15, -0.1) is 11.4 Å². The van der Waals surface area contributed by atoms with Crippen LogP contribution in [0.15, 0.2) is 0 Å². The molecule has 0 saturated carbocycles. The molecule has 0 spiro atoms. The van der Waals surface area contributed by atoms with Crippen LogP contribution in [0.4, 0.5) is 0 Å². The van der Waals surface area contributed by atoms with Gasteiger partial charge in [0.05, 0.1) is 0 Å². The minimum absolute atomic E-state index is 0. The molecule has 0 rings (SSSR count). The molecule has 0 aliphatic heterocycles. The Bertz CT molecular complexity index is 112. The molecular weight excluding hydrogens is 271 g/mol. The number of rotatable bonds is 4. The Hall–Kier alpha value is 1.61. The quantitative estimate of drug-likeness (QED) is 0.575. The van der Waals surface area contributed by atoms with Gasteiger partial charge in [-0.2, -0.15) is 0 Å². The Morgan fingerprint density at radius 3 is 2.40 bits per heavy atom. The van der Waals surface area contributed by atoms with Crippen LogP contribution in [-0.4, -0.2) is 12.4 Å². The van der Waals surface area contributed by atoms with E-state index in [1.165, 1.54) is 11.4 Å². The Morgan fingerprint density at radius 1 is 1.60 bits per heavy atom. The molecule has 0 heterocycles. The summed E-state index contributed by atoms with van der Waals surface area (Å²) >= 11 is 5.84. The molecule has 61 valence electrons. The van der Waals surface area contributed by atoms with Crippen LogP contribution in [0.1, 0.15) is 13.8 Å². The Balaban J connectivity index is 0. The topological polar surface area (TPSA) is 32.3 Å². The first-order chi connectivity index (χ1) is 4.12. The summed E-state index contributed by atoms with van der Waals surface area (Å²) in [5.74, 6) is 0.751. The molecule has 0 saturated heterocycles. The average Bonchev–Trinajstić information content (AvgIpc) is 1.64. The average molecular weight is 281 g/mol. The minimum Gasteiger partial charge on any atom is -0.793 e. The van der Waals surface area contributed by atoms with Crippen molar-refractivity contribution in [1.29, 1.82) is 0 Å². The van der Waals surface area contributed by atoms with Crippen molar-refractivity contribution in [3.63, 3.8) is 0 Å². The van der Waals surface area contributed by atoms with Gasteiger partial charge >= 0.3 is 21.1 Å². The Morgan fingerprint density at radius 2 is 2.10 bits per heavy atom. The minimum atomic E-state index is -2.69. The smallest absolute Gasteiger partial charge is 0.793 e. The van der Waals surface area contributed by atoms with Gasteiger partial charge in [-0.05, 0) is 12.7 Å². The van der Waals surface area contributed by atoms with E-state index < -0.39 is 5.69 Å². The van der Waals surface area contributed by atoms with Crippen molar-refractivity contribution in [2.45, 2.75) is 13.8 Å². The van der Waals surface area contributed by atoms with Crippen molar-refractivity contribution in [1.82, 2.24) is 0 Å². The number of hydrogen-bond donors (Lipinski definition) is 0. The molecule has 0 bridgehead atoms. The normalized spacial score (nSPS) is 15.5. The van der Waals surface area contributed by atoms with E-state index in [4.69, 9.17) is 4.52 Å². The maximum atomic E-state index is 11.0. The van der Waals surface area contributed by atoms with E-state index in [2.05, 4.69) is 11.8 Å². The summed E-state index contributed by atoms with van der Waals surface area (Å²) in [6, 6.07) is 0. The van der Waals surface area contributed by atoms with Gasteiger partial charge in [-0.3, -0.25) is 0 Å². The summed E-state index contributed by atoms with van der Waals surface area (Å²) in [5, 5.41) is 0. The molecule has 2 nitrogen and oxygen atoms in total. The van der Waals surface area contributed by atoms with Gasteiger partial charge < -0.3 is 9.42 Å². The fourth-order valence-electron chi connectivity index (χ4n) is 0.353. The second-order valence-electron chi connectivity index (χ2n) is 1.28. The van der Waals surface area contributed by atoms with Gasteiger partial charge in [0.15, 0.2) is 0 Å². The van der Waals surface area contributed by atoms with E-state index in [0.717, 1.165) is 5.75 Å². The van der Waals surface area contributed by atoms with Crippen LogP contribution in [-0.2, 0) is 37.4 Å². The van der Waals surface area contributed by atoms with Crippen LogP contribution in [0.3, 0.4) is 0 Å². The van der Waals surface area contributed by atoms with E-state index in [1.807, 2.05) is 6.92 Å². The van der Waals surface area contributed by atoms with Crippen LogP contribution in [0.5, 0.6) is 0 Å². The van der Waals surface area contributed by atoms with Crippen LogP contribution >= 0.6 is 17.1 Å². The molecular formula is C4H10MoO2PS2. The second-order valence-corrected chi connectivity index (χ2v) is 7.62. The van der Waals surface area contributed by atoms with E-state index in [1.54, 1.807) is 6.92 Å². The van der Waals surface area contributed by atoms with E-state index in [9.17, 15) is 4.89 Å². The maximum absolute atomic E-state index is 11.0. The predicted octanol–water partition coefficient (Wildman–Crippen LogP) is 1.36. The molecule has 0 aromatic carbocycles. The molecule has 0 aliphatic carbocycles. The molecule has 10 heavy (non-hydrogen) atoms. The molecule has 0 aromatic heterocycles. The van der Waals surface area contributed by atoms with Gasteiger partial charge in [-0.1, -0.05) is 18.7 Å². The standard InChI is InChI=1S/C4H11O2PS2.Mo/c1-3-6-7(5,8)9-4-2;/h3-4H2,1-2H3,(H,5,8);/q;+1/p-1. The van der Waals surface area contributed by atoms with Gasteiger partial charge in [0, 0.05) is 12.3 Å². The van der Waals surface area contributed by atoms with Crippen molar-refractivity contribution < 1.29 is 30.5 Å². The van der Waals surface area contributed by atoms with Gasteiger partial charge in [0.2, 0.25) is 0 Å². The second kappa shape index (κ2) is 7.27. The van der Waals surface area contributed by atoms with Crippen molar-refractivity contribution in [2.75, 3.05) is 12.4 Å². The summed E-state index contributed by atoms with van der Waals surface area (Å²) < 4.78 is 4.80. The van der Waals surface area contributed by atoms with E-state index in [-0.39, 0.29) is 21.1 Å². The summed E-state index contributed by atoms with van der Waals surface area (Å²) in [6.45, 7) is 4.13. The SMILES string of the molecule is CCOP([O-])(=S)SCC.[Mo+]. The first kappa shape index (κ1) is 14.2. The van der Waals surface area contributed by atoms with Crippen LogP contribution in [0, 0.1) is 0 Å². The monoisotopic (exact) mass is 283 g/mol. The van der Waals surface area contributed by atoms with Crippen molar-refractivity contribution in [3.05, 3.63) is 0 Å². The summed E-state index contributed by atoms with van der Waals surface area (Å²) in [6.07, 6.45) is 0. The van der Waals surface area contributed by atoms with Crippen molar-refractivity contribution in [2.24, 2.45) is 0 Å². The molecule has 6 heteroatoms. The Kier molecular flexibility index (Phi) is 10.3. The first-order valence-electron chi connectivity index (χ1n) is 2.72. The van der Waals surface area contributed by atoms with Gasteiger partial charge in [0.25, 0.3) is 0 Å². The molecule has 1 radical (unpaired) electrons. The fraction of sp³-hybridized carbons (Fsp3) is 1.00. The molecule has 1 atom stereocenters.